The van der Waals surface area contributed by atoms with Crippen molar-refractivity contribution in [2.24, 2.45) is 10.7 Å². The van der Waals surface area contributed by atoms with Crippen LogP contribution < -0.4 is 11.1 Å². The second kappa shape index (κ2) is 7.49. The predicted molar refractivity (Wildman–Crippen MR) is 104 cm³/mol. The van der Waals surface area contributed by atoms with E-state index < -0.39 is 0 Å². The molecule has 0 aliphatic heterocycles. The Kier molecular flexibility index (Phi) is 5.14. The van der Waals surface area contributed by atoms with Crippen LogP contribution in [0.3, 0.4) is 0 Å². The zero-order chi connectivity index (χ0) is 18.7. The molecule has 0 saturated carbocycles. The van der Waals surface area contributed by atoms with E-state index in [2.05, 4.69) is 20.3 Å². The van der Waals surface area contributed by atoms with Gasteiger partial charge in [0.15, 0.2) is 0 Å². The molecular weight excluding hydrogens is 350 g/mol. The highest BCUT2D eigenvalue weighted by molar-refractivity contribution is 6.30. The Morgan fingerprint density at radius 3 is 2.62 bits per heavy atom. The minimum Gasteiger partial charge on any atom is -0.369 e. The maximum atomic E-state index is 12.1. The Morgan fingerprint density at radius 1 is 1.15 bits per heavy atom. The average Bonchev–Trinajstić information content (AvgIpc) is 2.57. The van der Waals surface area contributed by atoms with Gasteiger partial charge in [0.1, 0.15) is 0 Å². The summed E-state index contributed by atoms with van der Waals surface area (Å²) in [6, 6.07) is 12.9. The molecule has 132 valence electrons. The van der Waals surface area contributed by atoms with Crippen molar-refractivity contribution in [1.29, 1.82) is 0 Å². The van der Waals surface area contributed by atoms with Crippen molar-refractivity contribution < 1.29 is 4.79 Å². The number of guanidine groups is 1. The maximum Gasteiger partial charge on any atom is 0.253 e. The van der Waals surface area contributed by atoms with E-state index in [0.29, 0.717) is 5.02 Å². The number of benzene rings is 2. The van der Waals surface area contributed by atoms with E-state index in [1.54, 1.807) is 24.3 Å². The smallest absolute Gasteiger partial charge is 0.253 e. The van der Waals surface area contributed by atoms with E-state index in [9.17, 15) is 4.79 Å². The number of halogens is 1. The molecule has 0 aliphatic carbocycles. The number of hydrogen-bond donors (Lipinski definition) is 2. The lowest BCUT2D eigenvalue weighted by Gasteiger charge is -2.06. The molecule has 3 N–H and O–H groups in total. The summed E-state index contributed by atoms with van der Waals surface area (Å²) in [4.78, 5) is 24.9. The summed E-state index contributed by atoms with van der Waals surface area (Å²) in [5.74, 6) is -0.111. The second-order valence-corrected chi connectivity index (χ2v) is 6.41. The van der Waals surface area contributed by atoms with Crippen molar-refractivity contribution in [3.63, 3.8) is 0 Å². The SMILES string of the molecule is Cc1ccc2nc(/N=C(/N)NC(=O)Cc3ccc(Cl)cc3)nc(C)c2c1. The highest BCUT2D eigenvalue weighted by Gasteiger charge is 2.08. The van der Waals surface area contributed by atoms with Crippen LogP contribution in [0.4, 0.5) is 5.95 Å². The van der Waals surface area contributed by atoms with Crippen molar-refractivity contribution >= 4 is 40.3 Å². The zero-order valence-electron chi connectivity index (χ0n) is 14.5. The van der Waals surface area contributed by atoms with Crippen molar-refractivity contribution in [3.05, 3.63) is 64.3 Å². The van der Waals surface area contributed by atoms with Crippen LogP contribution in [0.25, 0.3) is 10.9 Å². The molecule has 0 saturated heterocycles. The fourth-order valence-corrected chi connectivity index (χ4v) is 2.67. The third kappa shape index (κ3) is 4.34. The van der Waals surface area contributed by atoms with E-state index in [1.165, 1.54) is 0 Å². The highest BCUT2D eigenvalue weighted by atomic mass is 35.5. The standard InChI is InChI=1S/C19H18ClN5O/c1-11-3-8-16-15(9-11)12(2)22-19(23-16)25-18(21)24-17(26)10-13-4-6-14(20)7-5-13/h3-9H,10H2,1-2H3,(H3,21,22,23,24,25,26). The number of hydrogen-bond acceptors (Lipinski definition) is 4. The molecule has 3 rings (SSSR count). The number of aliphatic imine (C=N–C) groups is 1. The van der Waals surface area contributed by atoms with Crippen molar-refractivity contribution in [3.8, 4) is 0 Å². The van der Waals surface area contributed by atoms with Gasteiger partial charge in [0.2, 0.25) is 11.9 Å². The van der Waals surface area contributed by atoms with Crippen LogP contribution in [0.5, 0.6) is 0 Å². The summed E-state index contributed by atoms with van der Waals surface area (Å²) < 4.78 is 0. The minimum atomic E-state index is -0.276. The fraction of sp³-hybridized carbons (Fsp3) is 0.158. The lowest BCUT2D eigenvalue weighted by Crippen LogP contribution is -2.37. The van der Waals surface area contributed by atoms with Gasteiger partial charge in [-0.05, 0) is 43.7 Å². The summed E-state index contributed by atoms with van der Waals surface area (Å²) >= 11 is 5.83. The highest BCUT2D eigenvalue weighted by Crippen LogP contribution is 2.19. The Labute approximate surface area is 156 Å². The minimum absolute atomic E-state index is 0.0465. The average molecular weight is 368 g/mol. The van der Waals surface area contributed by atoms with Gasteiger partial charge in [-0.2, -0.15) is 4.99 Å². The summed E-state index contributed by atoms with van der Waals surface area (Å²) in [5.41, 5.74) is 9.36. The van der Waals surface area contributed by atoms with Gasteiger partial charge in [0.25, 0.3) is 5.95 Å². The molecule has 7 heteroatoms. The maximum absolute atomic E-state index is 12.1. The number of carbonyl (C=O) groups excluding carboxylic acids is 1. The summed E-state index contributed by atoms with van der Waals surface area (Å²) in [5, 5.41) is 4.13. The molecule has 1 amide bonds. The largest absolute Gasteiger partial charge is 0.369 e. The van der Waals surface area contributed by atoms with E-state index in [-0.39, 0.29) is 24.2 Å². The molecule has 1 heterocycles. The number of aromatic nitrogens is 2. The fourth-order valence-electron chi connectivity index (χ4n) is 2.54. The van der Waals surface area contributed by atoms with Gasteiger partial charge in [0.05, 0.1) is 17.6 Å². The molecule has 0 aliphatic rings. The molecule has 2 aromatic carbocycles. The Balaban J connectivity index is 1.74. The van der Waals surface area contributed by atoms with Crippen molar-refractivity contribution in [2.75, 3.05) is 0 Å². The van der Waals surface area contributed by atoms with E-state index in [1.807, 2.05) is 32.0 Å². The summed E-state index contributed by atoms with van der Waals surface area (Å²) in [6.07, 6.45) is 0.171. The number of nitrogens with one attached hydrogen (secondary N) is 1. The Bertz CT molecular complexity index is 999. The summed E-state index contributed by atoms with van der Waals surface area (Å²) in [6.45, 7) is 3.90. The summed E-state index contributed by atoms with van der Waals surface area (Å²) in [7, 11) is 0. The molecule has 1 aromatic heterocycles. The molecule has 0 atom stereocenters. The molecule has 0 bridgehead atoms. The molecule has 26 heavy (non-hydrogen) atoms. The molecule has 6 nitrogen and oxygen atoms in total. The second-order valence-electron chi connectivity index (χ2n) is 5.98. The number of aryl methyl sites for hydroxylation is 2. The van der Waals surface area contributed by atoms with Gasteiger partial charge in [-0.15, -0.1) is 0 Å². The topological polar surface area (TPSA) is 93.3 Å². The van der Waals surface area contributed by atoms with Crippen LogP contribution in [0, 0.1) is 13.8 Å². The molecule has 3 aromatic rings. The van der Waals surface area contributed by atoms with Gasteiger partial charge in [0, 0.05) is 10.4 Å². The molecule has 0 spiro atoms. The number of rotatable bonds is 3. The molecule has 0 fully saturated rings. The third-order valence-electron chi connectivity index (χ3n) is 3.80. The van der Waals surface area contributed by atoms with Crippen LogP contribution in [-0.2, 0) is 11.2 Å². The Morgan fingerprint density at radius 2 is 1.88 bits per heavy atom. The van der Waals surface area contributed by atoms with Gasteiger partial charge < -0.3 is 5.73 Å². The van der Waals surface area contributed by atoms with E-state index >= 15 is 0 Å². The normalized spacial score (nSPS) is 11.6. The number of carbonyl (C=O) groups is 1. The predicted octanol–water partition coefficient (Wildman–Crippen LogP) is 3.21. The van der Waals surface area contributed by atoms with E-state index in [4.69, 9.17) is 17.3 Å². The van der Waals surface area contributed by atoms with E-state index in [0.717, 1.165) is 27.7 Å². The van der Waals surface area contributed by atoms with Crippen molar-refractivity contribution in [2.45, 2.75) is 20.3 Å². The van der Waals surface area contributed by atoms with Gasteiger partial charge >= 0.3 is 0 Å². The first kappa shape index (κ1) is 17.8. The quantitative estimate of drug-likeness (QED) is 0.549. The molecule has 0 unspecified atom stereocenters. The zero-order valence-corrected chi connectivity index (χ0v) is 15.2. The van der Waals surface area contributed by atoms with Crippen LogP contribution >= 0.6 is 11.6 Å². The van der Waals surface area contributed by atoms with Crippen molar-refractivity contribution in [1.82, 2.24) is 15.3 Å². The first-order valence-electron chi connectivity index (χ1n) is 8.04. The lowest BCUT2D eigenvalue weighted by atomic mass is 10.1. The lowest BCUT2D eigenvalue weighted by molar-refractivity contribution is -0.119. The van der Waals surface area contributed by atoms with Crippen LogP contribution in [0.2, 0.25) is 5.02 Å². The van der Waals surface area contributed by atoms with Gasteiger partial charge in [-0.1, -0.05) is 35.4 Å². The van der Waals surface area contributed by atoms with Crippen LogP contribution in [0.1, 0.15) is 16.8 Å². The number of amides is 1. The van der Waals surface area contributed by atoms with Crippen LogP contribution in [-0.4, -0.2) is 21.8 Å². The number of nitrogens with two attached hydrogens (primary N) is 1. The third-order valence-corrected chi connectivity index (χ3v) is 4.05. The molecular formula is C19H18ClN5O. The number of fused-ring (bicyclic) bond motifs is 1. The van der Waals surface area contributed by atoms with Gasteiger partial charge in [-0.25, -0.2) is 9.97 Å². The number of nitrogens with zero attached hydrogens (tertiary/aromatic N) is 3. The monoisotopic (exact) mass is 367 g/mol. The Hall–Kier alpha value is -2.99. The first-order chi connectivity index (χ1) is 12.4. The first-order valence-corrected chi connectivity index (χ1v) is 8.42. The van der Waals surface area contributed by atoms with Crippen LogP contribution in [0.15, 0.2) is 47.5 Å². The van der Waals surface area contributed by atoms with Gasteiger partial charge in [-0.3, -0.25) is 10.1 Å². The molecule has 0 radical (unpaired) electrons.